The number of hydrogen-bond acceptors (Lipinski definition) is 2. The number of imide groups is 1. The third kappa shape index (κ3) is 2.25. The normalized spacial score (nSPS) is 19.1. The van der Waals surface area contributed by atoms with Gasteiger partial charge in [-0.1, -0.05) is 30.3 Å². The average molecular weight is 240 g/mol. The lowest BCUT2D eigenvalue weighted by atomic mass is 10.2. The molecule has 0 radical (unpaired) electrons. The van der Waals surface area contributed by atoms with Crippen LogP contribution in [-0.4, -0.2) is 29.3 Å². The van der Waals surface area contributed by atoms with Crippen molar-refractivity contribution in [3.05, 3.63) is 35.9 Å². The first-order valence-electron chi connectivity index (χ1n) is 5.02. The van der Waals surface area contributed by atoms with E-state index in [1.54, 1.807) is 30.3 Å². The van der Waals surface area contributed by atoms with Crippen LogP contribution in [0.15, 0.2) is 30.3 Å². The van der Waals surface area contributed by atoms with Gasteiger partial charge in [-0.25, -0.2) is 4.79 Å². The lowest BCUT2D eigenvalue weighted by Crippen LogP contribution is -2.60. The molecule has 0 saturated carbocycles. The second-order valence-electron chi connectivity index (χ2n) is 3.74. The molecular formula is C11H10F2N2O2. The van der Waals surface area contributed by atoms with Crippen LogP contribution in [-0.2, 0) is 11.3 Å². The lowest BCUT2D eigenvalue weighted by molar-refractivity contribution is -0.156. The topological polar surface area (TPSA) is 49.4 Å². The Morgan fingerprint density at radius 1 is 1.24 bits per heavy atom. The Kier molecular flexibility index (Phi) is 2.79. The number of benzene rings is 1. The van der Waals surface area contributed by atoms with E-state index in [-0.39, 0.29) is 6.54 Å². The molecule has 1 saturated heterocycles. The largest absolute Gasteiger partial charge is 0.342 e. The van der Waals surface area contributed by atoms with E-state index in [4.69, 9.17) is 0 Å². The van der Waals surface area contributed by atoms with Gasteiger partial charge in [0.2, 0.25) is 0 Å². The molecule has 1 heterocycles. The van der Waals surface area contributed by atoms with E-state index in [9.17, 15) is 18.4 Å². The van der Waals surface area contributed by atoms with Crippen molar-refractivity contribution in [3.8, 4) is 0 Å². The molecule has 17 heavy (non-hydrogen) atoms. The van der Waals surface area contributed by atoms with Gasteiger partial charge in [-0.2, -0.15) is 8.78 Å². The van der Waals surface area contributed by atoms with Crippen molar-refractivity contribution < 1.29 is 18.4 Å². The molecule has 1 N–H and O–H groups in total. The number of amides is 3. The predicted molar refractivity (Wildman–Crippen MR) is 55.3 cm³/mol. The van der Waals surface area contributed by atoms with E-state index < -0.39 is 24.4 Å². The SMILES string of the molecule is O=C1NCC(F)(F)C(=O)N1Cc1ccccc1. The van der Waals surface area contributed by atoms with Crippen molar-refractivity contribution in [1.29, 1.82) is 0 Å². The van der Waals surface area contributed by atoms with Gasteiger partial charge in [-0.15, -0.1) is 0 Å². The molecule has 0 bridgehead atoms. The molecule has 0 unspecified atom stereocenters. The molecule has 3 amide bonds. The second kappa shape index (κ2) is 4.12. The van der Waals surface area contributed by atoms with Crippen molar-refractivity contribution >= 4 is 11.9 Å². The molecule has 1 aromatic carbocycles. The van der Waals surface area contributed by atoms with Crippen LogP contribution in [0.2, 0.25) is 0 Å². The highest BCUT2D eigenvalue weighted by atomic mass is 19.3. The summed E-state index contributed by atoms with van der Waals surface area (Å²) in [5, 5.41) is 1.99. The average Bonchev–Trinajstić information content (AvgIpc) is 2.32. The van der Waals surface area contributed by atoms with E-state index in [1.165, 1.54) is 0 Å². The zero-order chi connectivity index (χ0) is 12.5. The lowest BCUT2D eigenvalue weighted by Gasteiger charge is -2.30. The third-order valence-electron chi connectivity index (χ3n) is 2.45. The quantitative estimate of drug-likeness (QED) is 0.848. The fourth-order valence-electron chi connectivity index (χ4n) is 1.56. The maximum absolute atomic E-state index is 13.1. The summed E-state index contributed by atoms with van der Waals surface area (Å²) >= 11 is 0. The first-order valence-corrected chi connectivity index (χ1v) is 5.02. The van der Waals surface area contributed by atoms with Gasteiger partial charge < -0.3 is 5.32 Å². The summed E-state index contributed by atoms with van der Waals surface area (Å²) in [4.78, 5) is 23.3. The van der Waals surface area contributed by atoms with Crippen LogP contribution in [0.3, 0.4) is 0 Å². The smallest absolute Gasteiger partial charge is 0.331 e. The van der Waals surface area contributed by atoms with E-state index in [0.717, 1.165) is 0 Å². The highest BCUT2D eigenvalue weighted by Crippen LogP contribution is 2.21. The minimum Gasteiger partial charge on any atom is -0.331 e. The number of hydrogen-bond donors (Lipinski definition) is 1. The standard InChI is InChI=1S/C11H10F2N2O2/c12-11(13)7-14-10(17)15(9(11)16)6-8-4-2-1-3-5-8/h1-5H,6-7H2,(H,14,17). The fourth-order valence-corrected chi connectivity index (χ4v) is 1.56. The van der Waals surface area contributed by atoms with Crippen molar-refractivity contribution in [1.82, 2.24) is 10.2 Å². The molecule has 1 aliphatic heterocycles. The predicted octanol–water partition coefficient (Wildman–Crippen LogP) is 1.37. The Bertz CT molecular complexity index is 448. The van der Waals surface area contributed by atoms with Crippen molar-refractivity contribution in [3.63, 3.8) is 0 Å². The van der Waals surface area contributed by atoms with Gasteiger partial charge in [-0.05, 0) is 5.56 Å². The van der Waals surface area contributed by atoms with Gasteiger partial charge in [0.05, 0.1) is 13.1 Å². The summed E-state index contributed by atoms with van der Waals surface area (Å²) in [6.45, 7) is -1.09. The molecule has 1 fully saturated rings. The molecule has 1 aromatic rings. The minimum absolute atomic E-state index is 0.152. The summed E-state index contributed by atoms with van der Waals surface area (Å²) in [6, 6.07) is 7.71. The Morgan fingerprint density at radius 3 is 2.53 bits per heavy atom. The Hall–Kier alpha value is -1.98. The van der Waals surface area contributed by atoms with Crippen molar-refractivity contribution in [2.24, 2.45) is 0 Å². The zero-order valence-electron chi connectivity index (χ0n) is 8.82. The highest BCUT2D eigenvalue weighted by molar-refractivity contribution is 6.00. The summed E-state index contributed by atoms with van der Waals surface area (Å²) in [5.74, 6) is -4.98. The van der Waals surface area contributed by atoms with Crippen LogP contribution in [0.5, 0.6) is 0 Å². The molecule has 6 heteroatoms. The second-order valence-corrected chi connectivity index (χ2v) is 3.74. The summed E-state index contributed by atoms with van der Waals surface area (Å²) in [6.07, 6.45) is 0. The first kappa shape index (κ1) is 11.5. The van der Waals surface area contributed by atoms with Gasteiger partial charge in [0.25, 0.3) is 0 Å². The number of alkyl halides is 2. The van der Waals surface area contributed by atoms with Gasteiger partial charge in [-0.3, -0.25) is 9.69 Å². The molecule has 1 aliphatic rings. The number of carbonyl (C=O) groups excluding carboxylic acids is 2. The van der Waals surface area contributed by atoms with E-state index in [1.807, 2.05) is 5.32 Å². The molecule has 0 atom stereocenters. The van der Waals surface area contributed by atoms with Crippen molar-refractivity contribution in [2.45, 2.75) is 12.5 Å². The minimum atomic E-state index is -3.53. The summed E-state index contributed by atoms with van der Waals surface area (Å²) < 4.78 is 26.2. The first-order chi connectivity index (χ1) is 8.00. The highest BCUT2D eigenvalue weighted by Gasteiger charge is 2.48. The van der Waals surface area contributed by atoms with Crippen LogP contribution >= 0.6 is 0 Å². The van der Waals surface area contributed by atoms with Gasteiger partial charge in [0.1, 0.15) is 0 Å². The number of carbonyl (C=O) groups is 2. The molecule has 0 spiro atoms. The molecule has 2 rings (SSSR count). The van der Waals surface area contributed by atoms with Crippen LogP contribution in [0.4, 0.5) is 13.6 Å². The van der Waals surface area contributed by atoms with E-state index in [2.05, 4.69) is 0 Å². The molecule has 0 aromatic heterocycles. The summed E-state index contributed by atoms with van der Waals surface area (Å²) in [5.41, 5.74) is 0.619. The number of rotatable bonds is 2. The van der Waals surface area contributed by atoms with Gasteiger partial charge in [0.15, 0.2) is 0 Å². The van der Waals surface area contributed by atoms with Gasteiger partial charge in [0, 0.05) is 0 Å². The molecular weight excluding hydrogens is 230 g/mol. The van der Waals surface area contributed by atoms with Gasteiger partial charge >= 0.3 is 17.9 Å². The maximum Gasteiger partial charge on any atom is 0.342 e. The number of nitrogens with one attached hydrogen (secondary N) is 1. The van der Waals surface area contributed by atoms with Crippen LogP contribution in [0, 0.1) is 0 Å². The Morgan fingerprint density at radius 2 is 1.88 bits per heavy atom. The monoisotopic (exact) mass is 240 g/mol. The Labute approximate surface area is 96.2 Å². The van der Waals surface area contributed by atoms with Crippen molar-refractivity contribution in [2.75, 3.05) is 6.54 Å². The Balaban J connectivity index is 2.19. The fraction of sp³-hybridized carbons (Fsp3) is 0.273. The number of halogens is 2. The van der Waals surface area contributed by atoms with E-state index in [0.29, 0.717) is 10.5 Å². The number of nitrogens with zero attached hydrogens (tertiary/aromatic N) is 1. The van der Waals surface area contributed by atoms with Crippen LogP contribution in [0.1, 0.15) is 5.56 Å². The summed E-state index contributed by atoms with van der Waals surface area (Å²) in [7, 11) is 0. The molecule has 4 nitrogen and oxygen atoms in total. The van der Waals surface area contributed by atoms with Crippen LogP contribution in [0.25, 0.3) is 0 Å². The third-order valence-corrected chi connectivity index (χ3v) is 2.45. The molecule has 90 valence electrons. The number of urea groups is 1. The van der Waals surface area contributed by atoms with Crippen LogP contribution < -0.4 is 5.32 Å². The maximum atomic E-state index is 13.1. The zero-order valence-corrected chi connectivity index (χ0v) is 8.82. The molecule has 0 aliphatic carbocycles. The van der Waals surface area contributed by atoms with E-state index >= 15 is 0 Å².